The second-order valence-electron chi connectivity index (χ2n) is 3.64. The zero-order valence-electron chi connectivity index (χ0n) is 9.66. The Morgan fingerprint density at radius 2 is 2.38 bits per heavy atom. The summed E-state index contributed by atoms with van der Waals surface area (Å²) in [7, 11) is 1.66. The summed E-state index contributed by atoms with van der Waals surface area (Å²) in [4.78, 5) is 5.26. The highest BCUT2D eigenvalue weighted by Gasteiger charge is 2.21. The summed E-state index contributed by atoms with van der Waals surface area (Å²) in [5.41, 5.74) is 4.14. The number of ether oxygens (including phenoxy) is 2. The number of hydrogen-bond acceptors (Lipinski definition) is 4. The van der Waals surface area contributed by atoms with Gasteiger partial charge >= 0.3 is 0 Å². The molecule has 2 rings (SSSR count). The highest BCUT2D eigenvalue weighted by Crippen LogP contribution is 2.34. The average molecular weight is 223 g/mol. The molecule has 0 saturated carbocycles. The summed E-state index contributed by atoms with van der Waals surface area (Å²) < 4.78 is 10.8. The summed E-state index contributed by atoms with van der Waals surface area (Å²) in [6.45, 7) is 3.32. The molecule has 0 fully saturated rings. The number of hydroxylamine groups is 1. The zero-order chi connectivity index (χ0) is 11.4. The molecule has 0 aliphatic carbocycles. The van der Waals surface area contributed by atoms with Gasteiger partial charge in [-0.05, 0) is 25.1 Å². The van der Waals surface area contributed by atoms with Crippen LogP contribution in [0.2, 0.25) is 0 Å². The number of rotatable bonds is 4. The number of hydrogen-bond donors (Lipinski definition) is 1. The molecule has 1 atom stereocenters. The minimum Gasteiger partial charge on any atom is -0.497 e. The summed E-state index contributed by atoms with van der Waals surface area (Å²) in [5.74, 6) is 1.75. The number of fused-ring (bicyclic) bond motifs is 1. The highest BCUT2D eigenvalue weighted by molar-refractivity contribution is 5.43. The summed E-state index contributed by atoms with van der Waals surface area (Å²) in [5, 5.41) is 0. The zero-order valence-corrected chi connectivity index (χ0v) is 9.66. The Labute approximate surface area is 95.5 Å². The van der Waals surface area contributed by atoms with E-state index in [-0.39, 0.29) is 6.04 Å². The molecule has 16 heavy (non-hydrogen) atoms. The van der Waals surface area contributed by atoms with Crippen LogP contribution in [0.15, 0.2) is 18.2 Å². The molecule has 0 amide bonds. The van der Waals surface area contributed by atoms with E-state index in [0.717, 1.165) is 23.5 Å². The van der Waals surface area contributed by atoms with Crippen molar-refractivity contribution < 1.29 is 14.3 Å². The van der Waals surface area contributed by atoms with Gasteiger partial charge in [0.15, 0.2) is 0 Å². The molecule has 1 aromatic carbocycles. The Hall–Kier alpha value is -1.26. The predicted molar refractivity (Wildman–Crippen MR) is 60.6 cm³/mol. The lowest BCUT2D eigenvalue weighted by atomic mass is 10.0. The van der Waals surface area contributed by atoms with Crippen LogP contribution in [0.5, 0.6) is 11.5 Å². The number of benzene rings is 1. The maximum absolute atomic E-state index is 5.58. The maximum Gasteiger partial charge on any atom is 0.124 e. The van der Waals surface area contributed by atoms with E-state index in [4.69, 9.17) is 14.3 Å². The van der Waals surface area contributed by atoms with Gasteiger partial charge in [-0.15, -0.1) is 0 Å². The van der Waals surface area contributed by atoms with Crippen molar-refractivity contribution in [3.05, 3.63) is 23.8 Å². The van der Waals surface area contributed by atoms with Gasteiger partial charge in [0.2, 0.25) is 0 Å². The first-order chi connectivity index (χ1) is 7.85. The van der Waals surface area contributed by atoms with E-state index in [1.807, 2.05) is 25.1 Å². The van der Waals surface area contributed by atoms with E-state index >= 15 is 0 Å². The molecule has 1 heterocycles. The SMILES string of the molecule is CCONC1CCOc2ccc(OC)cc21. The number of nitrogens with one attached hydrogen (secondary N) is 1. The first kappa shape index (κ1) is 11.2. The predicted octanol–water partition coefficient (Wildman–Crippen LogP) is 2.06. The fourth-order valence-corrected chi connectivity index (χ4v) is 1.81. The minimum atomic E-state index is 0.179. The van der Waals surface area contributed by atoms with Gasteiger partial charge in [-0.3, -0.25) is 0 Å². The standard InChI is InChI=1S/C12H17NO3/c1-3-16-13-11-6-7-15-12-5-4-9(14-2)8-10(11)12/h4-5,8,11,13H,3,6-7H2,1-2H3. The van der Waals surface area contributed by atoms with Crippen LogP contribution in [0.4, 0.5) is 0 Å². The lowest BCUT2D eigenvalue weighted by Crippen LogP contribution is -2.27. The van der Waals surface area contributed by atoms with Crippen LogP contribution in [0.1, 0.15) is 24.9 Å². The van der Waals surface area contributed by atoms with Crippen molar-refractivity contribution in [3.8, 4) is 11.5 Å². The van der Waals surface area contributed by atoms with Crippen molar-refractivity contribution in [2.45, 2.75) is 19.4 Å². The van der Waals surface area contributed by atoms with Crippen molar-refractivity contribution in [2.75, 3.05) is 20.3 Å². The smallest absolute Gasteiger partial charge is 0.124 e. The van der Waals surface area contributed by atoms with Crippen LogP contribution in [0.3, 0.4) is 0 Å². The van der Waals surface area contributed by atoms with Gasteiger partial charge in [-0.25, -0.2) is 0 Å². The summed E-state index contributed by atoms with van der Waals surface area (Å²) in [6, 6.07) is 6.01. The van der Waals surface area contributed by atoms with Crippen LogP contribution in [-0.2, 0) is 4.84 Å². The first-order valence-corrected chi connectivity index (χ1v) is 5.53. The van der Waals surface area contributed by atoms with Gasteiger partial charge in [0, 0.05) is 12.0 Å². The second-order valence-corrected chi connectivity index (χ2v) is 3.64. The first-order valence-electron chi connectivity index (χ1n) is 5.53. The van der Waals surface area contributed by atoms with E-state index in [1.165, 1.54) is 0 Å². The fourth-order valence-electron chi connectivity index (χ4n) is 1.81. The third-order valence-corrected chi connectivity index (χ3v) is 2.63. The lowest BCUT2D eigenvalue weighted by molar-refractivity contribution is 0.0135. The van der Waals surface area contributed by atoms with Gasteiger partial charge in [0.05, 0.1) is 26.4 Å². The van der Waals surface area contributed by atoms with Crippen molar-refractivity contribution >= 4 is 0 Å². The molecule has 1 aromatic rings. The molecule has 0 radical (unpaired) electrons. The summed E-state index contributed by atoms with van der Waals surface area (Å²) >= 11 is 0. The van der Waals surface area contributed by atoms with Crippen molar-refractivity contribution in [1.29, 1.82) is 0 Å². The van der Waals surface area contributed by atoms with Crippen molar-refractivity contribution in [1.82, 2.24) is 5.48 Å². The van der Waals surface area contributed by atoms with Gasteiger partial charge in [-0.2, -0.15) is 5.48 Å². The van der Waals surface area contributed by atoms with Crippen LogP contribution >= 0.6 is 0 Å². The molecule has 1 aliphatic rings. The molecule has 0 saturated heterocycles. The van der Waals surface area contributed by atoms with E-state index in [2.05, 4.69) is 5.48 Å². The molecule has 0 bridgehead atoms. The molecule has 0 spiro atoms. The Morgan fingerprint density at radius 3 is 3.12 bits per heavy atom. The topological polar surface area (TPSA) is 39.7 Å². The van der Waals surface area contributed by atoms with Crippen molar-refractivity contribution in [3.63, 3.8) is 0 Å². The fraction of sp³-hybridized carbons (Fsp3) is 0.500. The van der Waals surface area contributed by atoms with Crippen LogP contribution in [0, 0.1) is 0 Å². The minimum absolute atomic E-state index is 0.179. The van der Waals surface area contributed by atoms with E-state index in [1.54, 1.807) is 7.11 Å². The van der Waals surface area contributed by atoms with E-state index in [9.17, 15) is 0 Å². The van der Waals surface area contributed by atoms with E-state index < -0.39 is 0 Å². The molecular weight excluding hydrogens is 206 g/mol. The Kier molecular flexibility index (Phi) is 3.64. The molecule has 0 aromatic heterocycles. The summed E-state index contributed by atoms with van der Waals surface area (Å²) in [6.07, 6.45) is 0.903. The molecule has 1 unspecified atom stereocenters. The number of methoxy groups -OCH3 is 1. The lowest BCUT2D eigenvalue weighted by Gasteiger charge is -2.26. The average Bonchev–Trinajstić information content (AvgIpc) is 2.35. The Bertz CT molecular complexity index is 354. The molecule has 4 heteroatoms. The van der Waals surface area contributed by atoms with Gasteiger partial charge < -0.3 is 14.3 Å². The Morgan fingerprint density at radius 1 is 1.50 bits per heavy atom. The molecule has 88 valence electrons. The van der Waals surface area contributed by atoms with Crippen molar-refractivity contribution in [2.24, 2.45) is 0 Å². The third-order valence-electron chi connectivity index (χ3n) is 2.63. The quantitative estimate of drug-likeness (QED) is 0.793. The Balaban J connectivity index is 2.21. The van der Waals surface area contributed by atoms with E-state index in [0.29, 0.717) is 13.2 Å². The van der Waals surface area contributed by atoms with Crippen LogP contribution < -0.4 is 15.0 Å². The second kappa shape index (κ2) is 5.18. The molecule has 1 aliphatic heterocycles. The monoisotopic (exact) mass is 223 g/mol. The molecular formula is C12H17NO3. The third kappa shape index (κ3) is 2.28. The maximum atomic E-state index is 5.58. The van der Waals surface area contributed by atoms with Crippen LogP contribution in [-0.4, -0.2) is 20.3 Å². The molecule has 1 N–H and O–H groups in total. The highest BCUT2D eigenvalue weighted by atomic mass is 16.6. The van der Waals surface area contributed by atoms with Gasteiger partial charge in [0.25, 0.3) is 0 Å². The molecule has 4 nitrogen and oxygen atoms in total. The van der Waals surface area contributed by atoms with Gasteiger partial charge in [-0.1, -0.05) is 0 Å². The largest absolute Gasteiger partial charge is 0.497 e. The van der Waals surface area contributed by atoms with Crippen LogP contribution in [0.25, 0.3) is 0 Å². The normalized spacial score (nSPS) is 18.8. The van der Waals surface area contributed by atoms with Gasteiger partial charge in [0.1, 0.15) is 11.5 Å².